The summed E-state index contributed by atoms with van der Waals surface area (Å²) in [5.41, 5.74) is 1.37. The van der Waals surface area contributed by atoms with E-state index in [-0.39, 0.29) is 0 Å². The molecule has 114 valence electrons. The highest BCUT2D eigenvalue weighted by Gasteiger charge is 2.27. The molecule has 0 aliphatic heterocycles. The lowest BCUT2D eigenvalue weighted by molar-refractivity contribution is 0.0695. The van der Waals surface area contributed by atoms with Gasteiger partial charge in [0.25, 0.3) is 5.56 Å². The van der Waals surface area contributed by atoms with E-state index in [1.807, 2.05) is 4.98 Å². The Morgan fingerprint density at radius 3 is 1.95 bits per heavy atom. The normalized spacial score (nSPS) is 10.5. The minimum atomic E-state index is -1.76. The first-order chi connectivity index (χ1) is 10.2. The Bertz CT molecular complexity index is 840. The van der Waals surface area contributed by atoms with Crippen molar-refractivity contribution in [1.82, 2.24) is 4.98 Å². The molecular formula is C13H8F2N2O5. The Hall–Kier alpha value is -3.23. The molecule has 5 N–H and O–H groups in total. The van der Waals surface area contributed by atoms with Crippen LogP contribution in [0.5, 0.6) is 0 Å². The van der Waals surface area contributed by atoms with Gasteiger partial charge in [0.05, 0.1) is 0 Å². The number of aromatic nitrogens is 1. The second kappa shape index (κ2) is 5.28. The molecule has 0 saturated carbocycles. The van der Waals surface area contributed by atoms with E-state index in [9.17, 15) is 23.2 Å². The van der Waals surface area contributed by atoms with E-state index in [0.717, 1.165) is 0 Å². The van der Waals surface area contributed by atoms with Crippen molar-refractivity contribution in [1.29, 1.82) is 0 Å². The van der Waals surface area contributed by atoms with Gasteiger partial charge in [-0.25, -0.2) is 18.4 Å². The smallest absolute Gasteiger partial charge is 0.342 e. The number of benzene rings is 1. The maximum atomic E-state index is 13.3. The minimum Gasteiger partial charge on any atom is -0.478 e. The number of carboxylic acids is 2. The zero-order chi connectivity index (χ0) is 16.6. The Balaban J connectivity index is 3.02. The van der Waals surface area contributed by atoms with Gasteiger partial charge in [0.1, 0.15) is 28.6 Å². The van der Waals surface area contributed by atoms with E-state index in [0.29, 0.717) is 18.2 Å². The molecule has 22 heavy (non-hydrogen) atoms. The zero-order valence-electron chi connectivity index (χ0n) is 10.7. The fourth-order valence-corrected chi connectivity index (χ4v) is 2.03. The summed E-state index contributed by atoms with van der Waals surface area (Å²) in [6.45, 7) is 0. The number of aromatic carboxylic acids is 2. The van der Waals surface area contributed by atoms with Crippen LogP contribution in [-0.4, -0.2) is 27.1 Å². The zero-order valence-corrected chi connectivity index (χ0v) is 10.7. The number of anilines is 1. The molecule has 0 atom stereocenters. The number of nitrogens with two attached hydrogens (primary N) is 1. The van der Waals surface area contributed by atoms with E-state index in [4.69, 9.17) is 15.9 Å². The van der Waals surface area contributed by atoms with Crippen LogP contribution in [0.4, 0.5) is 14.6 Å². The molecule has 7 nitrogen and oxygen atoms in total. The lowest BCUT2D eigenvalue weighted by Gasteiger charge is -2.12. The van der Waals surface area contributed by atoms with Crippen molar-refractivity contribution in [3.8, 4) is 11.1 Å². The summed E-state index contributed by atoms with van der Waals surface area (Å²) in [4.78, 5) is 36.1. The van der Waals surface area contributed by atoms with E-state index in [1.165, 1.54) is 0 Å². The maximum absolute atomic E-state index is 13.3. The van der Waals surface area contributed by atoms with Crippen LogP contribution in [0.25, 0.3) is 11.1 Å². The van der Waals surface area contributed by atoms with Gasteiger partial charge in [-0.2, -0.15) is 0 Å². The number of hydrogen-bond donors (Lipinski definition) is 4. The van der Waals surface area contributed by atoms with Crippen LogP contribution in [0.15, 0.2) is 23.0 Å². The van der Waals surface area contributed by atoms with Crippen LogP contribution in [0, 0.1) is 11.6 Å². The number of aromatic amines is 1. The Morgan fingerprint density at radius 1 is 1.00 bits per heavy atom. The Morgan fingerprint density at radius 2 is 1.50 bits per heavy atom. The van der Waals surface area contributed by atoms with Gasteiger partial charge < -0.3 is 20.9 Å². The van der Waals surface area contributed by atoms with Crippen LogP contribution < -0.4 is 11.3 Å². The van der Waals surface area contributed by atoms with Crippen LogP contribution in [0.1, 0.15) is 20.7 Å². The highest BCUT2D eigenvalue weighted by molar-refractivity contribution is 6.07. The number of rotatable bonds is 3. The molecule has 0 fully saturated rings. The van der Waals surface area contributed by atoms with Crippen molar-refractivity contribution in [2.75, 3.05) is 5.73 Å². The minimum absolute atomic E-state index is 0.426. The predicted molar refractivity (Wildman–Crippen MR) is 70.7 cm³/mol. The number of hydrogen-bond acceptors (Lipinski definition) is 4. The fraction of sp³-hybridized carbons (Fsp3) is 0. The summed E-state index contributed by atoms with van der Waals surface area (Å²) in [6.07, 6.45) is 0. The second-order valence-electron chi connectivity index (χ2n) is 4.26. The summed E-state index contributed by atoms with van der Waals surface area (Å²) < 4.78 is 26.7. The fourth-order valence-electron chi connectivity index (χ4n) is 2.03. The number of pyridine rings is 1. The van der Waals surface area contributed by atoms with Crippen LogP contribution in [-0.2, 0) is 0 Å². The summed E-state index contributed by atoms with van der Waals surface area (Å²) >= 11 is 0. The molecule has 0 radical (unpaired) electrons. The lowest BCUT2D eigenvalue weighted by Crippen LogP contribution is -2.24. The molecule has 1 aromatic heterocycles. The van der Waals surface area contributed by atoms with Crippen LogP contribution in [0.2, 0.25) is 0 Å². The van der Waals surface area contributed by atoms with Crippen molar-refractivity contribution >= 4 is 17.8 Å². The molecule has 0 aliphatic rings. The number of nitrogen functional groups attached to an aromatic ring is 1. The summed E-state index contributed by atoms with van der Waals surface area (Å²) in [7, 11) is 0. The molecule has 0 spiro atoms. The molecular weight excluding hydrogens is 302 g/mol. The molecule has 2 aromatic rings. The van der Waals surface area contributed by atoms with Crippen molar-refractivity contribution in [3.63, 3.8) is 0 Å². The van der Waals surface area contributed by atoms with Gasteiger partial charge in [-0.1, -0.05) is 0 Å². The molecule has 1 aromatic carbocycles. The molecule has 0 bridgehead atoms. The molecule has 0 aliphatic carbocycles. The first-order valence-electron chi connectivity index (χ1n) is 5.71. The van der Waals surface area contributed by atoms with E-state index in [1.54, 1.807) is 0 Å². The van der Waals surface area contributed by atoms with Gasteiger partial charge in [-0.05, 0) is 17.7 Å². The Kier molecular flexibility index (Phi) is 3.64. The summed E-state index contributed by atoms with van der Waals surface area (Å²) in [6, 6.07) is 1.92. The number of nitrogens with one attached hydrogen (secondary N) is 1. The quantitative estimate of drug-likeness (QED) is 0.675. The largest absolute Gasteiger partial charge is 0.478 e. The van der Waals surface area contributed by atoms with E-state index in [2.05, 4.69) is 0 Å². The molecule has 9 heteroatoms. The number of carbonyl (C=O) groups is 2. The molecule has 0 amide bonds. The highest BCUT2D eigenvalue weighted by Crippen LogP contribution is 2.30. The number of H-pyrrole nitrogens is 1. The third-order valence-corrected chi connectivity index (χ3v) is 2.82. The van der Waals surface area contributed by atoms with Gasteiger partial charge in [-0.3, -0.25) is 4.79 Å². The SMILES string of the molecule is Nc1[nH]c(=O)c(C(=O)O)c(-c2cc(F)cc(F)c2)c1C(=O)O. The summed E-state index contributed by atoms with van der Waals surface area (Å²) in [5.74, 6) is -6.18. The lowest BCUT2D eigenvalue weighted by atomic mass is 9.95. The number of carboxylic acid groups (broad SMARTS) is 2. The second-order valence-corrected chi connectivity index (χ2v) is 4.26. The number of halogens is 2. The molecule has 0 unspecified atom stereocenters. The van der Waals surface area contributed by atoms with Crippen molar-refractivity contribution in [2.45, 2.75) is 0 Å². The maximum Gasteiger partial charge on any atom is 0.342 e. The highest BCUT2D eigenvalue weighted by atomic mass is 19.1. The predicted octanol–water partition coefficient (Wildman–Crippen LogP) is 1.30. The van der Waals surface area contributed by atoms with Gasteiger partial charge in [0, 0.05) is 11.6 Å². The van der Waals surface area contributed by atoms with Crippen LogP contribution >= 0.6 is 0 Å². The first kappa shape index (κ1) is 15.2. The van der Waals surface area contributed by atoms with Gasteiger partial charge in [-0.15, -0.1) is 0 Å². The van der Waals surface area contributed by atoms with Crippen molar-refractivity contribution in [2.24, 2.45) is 0 Å². The Labute approximate surface area is 120 Å². The molecule has 1 heterocycles. The molecule has 2 rings (SSSR count). The van der Waals surface area contributed by atoms with Gasteiger partial charge in [0.15, 0.2) is 0 Å². The average Bonchev–Trinajstić information content (AvgIpc) is 2.35. The third kappa shape index (κ3) is 2.51. The standard InChI is InChI=1S/C13H8F2N2O5/c14-5-1-4(2-6(15)3-5)7-8(12(19)20)10(16)17-11(18)9(7)13(21)22/h1-3H,(H,19,20)(H,21,22)(H3,16,17,18). The van der Waals surface area contributed by atoms with E-state index >= 15 is 0 Å². The average molecular weight is 310 g/mol. The van der Waals surface area contributed by atoms with Crippen LogP contribution in [0.3, 0.4) is 0 Å². The van der Waals surface area contributed by atoms with Crippen molar-refractivity contribution < 1.29 is 28.6 Å². The third-order valence-electron chi connectivity index (χ3n) is 2.82. The monoisotopic (exact) mass is 310 g/mol. The van der Waals surface area contributed by atoms with Gasteiger partial charge in [0.2, 0.25) is 0 Å². The topological polar surface area (TPSA) is 133 Å². The van der Waals surface area contributed by atoms with Gasteiger partial charge >= 0.3 is 11.9 Å². The van der Waals surface area contributed by atoms with Crippen molar-refractivity contribution in [3.05, 3.63) is 51.3 Å². The van der Waals surface area contributed by atoms with E-state index < -0.39 is 57.2 Å². The first-order valence-corrected chi connectivity index (χ1v) is 5.71. The molecule has 0 saturated heterocycles. The summed E-state index contributed by atoms with van der Waals surface area (Å²) in [5, 5.41) is 18.3.